The van der Waals surface area contributed by atoms with E-state index in [0.717, 1.165) is 45.2 Å². The van der Waals surface area contributed by atoms with E-state index in [2.05, 4.69) is 17.6 Å². The molecule has 0 spiro atoms. The molecule has 1 aliphatic rings. The topological polar surface area (TPSA) is 78.4 Å². The third-order valence-electron chi connectivity index (χ3n) is 4.54. The maximum absolute atomic E-state index is 12.6. The fraction of sp³-hybridized carbons (Fsp3) is 0.867. The average molecular weight is 284 g/mol. The van der Waals surface area contributed by atoms with Crippen LogP contribution in [0, 0.1) is 11.3 Å². The fourth-order valence-electron chi connectivity index (χ4n) is 2.95. The Hall–Kier alpha value is -1.10. The summed E-state index contributed by atoms with van der Waals surface area (Å²) in [5, 5.41) is 15.4. The maximum Gasteiger partial charge on any atom is 0.326 e. The number of carboxylic acid groups (broad SMARTS) is 1. The van der Waals surface area contributed by atoms with Gasteiger partial charge in [0, 0.05) is 0 Å². The summed E-state index contributed by atoms with van der Waals surface area (Å²) in [4.78, 5) is 24.0. The lowest BCUT2D eigenvalue weighted by atomic mass is 9.74. The van der Waals surface area contributed by atoms with E-state index in [1.165, 1.54) is 0 Å². The Labute approximate surface area is 121 Å². The molecule has 0 saturated carbocycles. The molecule has 20 heavy (non-hydrogen) atoms. The Morgan fingerprint density at radius 1 is 1.30 bits per heavy atom. The summed E-state index contributed by atoms with van der Waals surface area (Å²) in [5.74, 6) is -1.07. The summed E-state index contributed by atoms with van der Waals surface area (Å²) in [5.41, 5.74) is -0.388. The molecule has 0 aromatic carbocycles. The Morgan fingerprint density at radius 3 is 2.35 bits per heavy atom. The van der Waals surface area contributed by atoms with E-state index in [-0.39, 0.29) is 17.2 Å². The average Bonchev–Trinajstić information content (AvgIpc) is 2.44. The molecule has 1 saturated heterocycles. The SMILES string of the molecule is CCCC1(C(=O)NC(C(=O)O)C(C)CC)CCNCC1. The molecule has 3 N–H and O–H groups in total. The molecule has 1 aliphatic heterocycles. The quantitative estimate of drug-likeness (QED) is 0.666. The monoisotopic (exact) mass is 284 g/mol. The third-order valence-corrected chi connectivity index (χ3v) is 4.54. The van der Waals surface area contributed by atoms with Gasteiger partial charge in [-0.1, -0.05) is 33.6 Å². The predicted octanol–water partition coefficient (Wildman–Crippen LogP) is 1.77. The van der Waals surface area contributed by atoms with Crippen LogP contribution in [0.3, 0.4) is 0 Å². The van der Waals surface area contributed by atoms with Gasteiger partial charge in [-0.15, -0.1) is 0 Å². The molecule has 0 bridgehead atoms. The van der Waals surface area contributed by atoms with E-state index >= 15 is 0 Å². The van der Waals surface area contributed by atoms with Crippen molar-refractivity contribution in [3.05, 3.63) is 0 Å². The van der Waals surface area contributed by atoms with Gasteiger partial charge < -0.3 is 15.7 Å². The number of carbonyl (C=O) groups excluding carboxylic acids is 1. The normalized spacial score (nSPS) is 20.9. The van der Waals surface area contributed by atoms with Gasteiger partial charge in [0.15, 0.2) is 0 Å². The van der Waals surface area contributed by atoms with Crippen LogP contribution in [-0.2, 0) is 9.59 Å². The number of carbonyl (C=O) groups is 2. The zero-order valence-corrected chi connectivity index (χ0v) is 12.9. The van der Waals surface area contributed by atoms with Crippen molar-refractivity contribution in [1.29, 1.82) is 0 Å². The number of amides is 1. The molecule has 1 rings (SSSR count). The van der Waals surface area contributed by atoms with Crippen LogP contribution in [0.15, 0.2) is 0 Å². The molecular formula is C15H28N2O3. The highest BCUT2D eigenvalue weighted by Gasteiger charge is 2.40. The summed E-state index contributed by atoms with van der Waals surface area (Å²) < 4.78 is 0. The third kappa shape index (κ3) is 3.95. The zero-order chi connectivity index (χ0) is 15.2. The molecule has 0 radical (unpaired) electrons. The van der Waals surface area contributed by atoms with Crippen LogP contribution in [0.2, 0.25) is 0 Å². The first-order chi connectivity index (χ1) is 9.46. The Balaban J connectivity index is 2.81. The van der Waals surface area contributed by atoms with Crippen molar-refractivity contribution >= 4 is 11.9 Å². The summed E-state index contributed by atoms with van der Waals surface area (Å²) in [6, 6.07) is -0.781. The van der Waals surface area contributed by atoms with Crippen LogP contribution < -0.4 is 10.6 Å². The van der Waals surface area contributed by atoms with Crippen LogP contribution in [0.25, 0.3) is 0 Å². The molecule has 2 atom stereocenters. The van der Waals surface area contributed by atoms with Crippen LogP contribution >= 0.6 is 0 Å². The summed E-state index contributed by atoms with van der Waals surface area (Å²) >= 11 is 0. The van der Waals surface area contributed by atoms with Crippen molar-refractivity contribution in [1.82, 2.24) is 10.6 Å². The Kier molecular flexibility index (Phi) is 6.46. The van der Waals surface area contributed by atoms with Crippen molar-refractivity contribution in [3.8, 4) is 0 Å². The number of hydrogen-bond donors (Lipinski definition) is 3. The van der Waals surface area contributed by atoms with E-state index in [4.69, 9.17) is 0 Å². The minimum Gasteiger partial charge on any atom is -0.480 e. The molecule has 116 valence electrons. The lowest BCUT2D eigenvalue weighted by Gasteiger charge is -2.37. The first-order valence-electron chi connectivity index (χ1n) is 7.71. The second kappa shape index (κ2) is 7.62. The molecule has 0 aromatic rings. The zero-order valence-electron chi connectivity index (χ0n) is 12.9. The first-order valence-corrected chi connectivity index (χ1v) is 7.71. The molecule has 5 heteroatoms. The highest BCUT2D eigenvalue weighted by Crippen LogP contribution is 2.34. The smallest absolute Gasteiger partial charge is 0.326 e. The predicted molar refractivity (Wildman–Crippen MR) is 78.5 cm³/mol. The van der Waals surface area contributed by atoms with E-state index in [1.54, 1.807) is 0 Å². The Bertz CT molecular complexity index is 333. The number of aliphatic carboxylic acids is 1. The van der Waals surface area contributed by atoms with Crippen molar-refractivity contribution < 1.29 is 14.7 Å². The minimum atomic E-state index is -0.937. The van der Waals surface area contributed by atoms with Gasteiger partial charge in [-0.25, -0.2) is 4.79 Å². The van der Waals surface area contributed by atoms with Crippen LogP contribution in [0.4, 0.5) is 0 Å². The van der Waals surface area contributed by atoms with Crippen molar-refractivity contribution in [2.75, 3.05) is 13.1 Å². The highest BCUT2D eigenvalue weighted by atomic mass is 16.4. The summed E-state index contributed by atoms with van der Waals surface area (Å²) in [7, 11) is 0. The van der Waals surface area contributed by atoms with Crippen LogP contribution in [0.5, 0.6) is 0 Å². The number of piperidine rings is 1. The van der Waals surface area contributed by atoms with Gasteiger partial charge in [0.2, 0.25) is 5.91 Å². The number of carboxylic acids is 1. The first kappa shape index (κ1) is 17.0. The van der Waals surface area contributed by atoms with E-state index in [1.807, 2.05) is 13.8 Å². The molecular weight excluding hydrogens is 256 g/mol. The van der Waals surface area contributed by atoms with Gasteiger partial charge in [-0.3, -0.25) is 4.79 Å². The second-order valence-electron chi connectivity index (χ2n) is 5.96. The number of rotatable bonds is 7. The minimum absolute atomic E-state index is 0.0585. The van der Waals surface area contributed by atoms with Crippen LogP contribution in [0.1, 0.15) is 52.9 Å². The van der Waals surface area contributed by atoms with Crippen molar-refractivity contribution in [3.63, 3.8) is 0 Å². The highest BCUT2D eigenvalue weighted by molar-refractivity contribution is 5.87. The van der Waals surface area contributed by atoms with Gasteiger partial charge >= 0.3 is 5.97 Å². The van der Waals surface area contributed by atoms with E-state index in [9.17, 15) is 14.7 Å². The van der Waals surface area contributed by atoms with Gasteiger partial charge in [0.1, 0.15) is 6.04 Å². The summed E-state index contributed by atoms with van der Waals surface area (Å²) in [6.07, 6.45) is 4.08. The van der Waals surface area contributed by atoms with E-state index in [0.29, 0.717) is 0 Å². The molecule has 1 amide bonds. The van der Waals surface area contributed by atoms with Crippen molar-refractivity contribution in [2.45, 2.75) is 58.9 Å². The number of hydrogen-bond acceptors (Lipinski definition) is 3. The van der Waals surface area contributed by atoms with E-state index < -0.39 is 12.0 Å². The second-order valence-corrected chi connectivity index (χ2v) is 5.96. The Morgan fingerprint density at radius 2 is 1.90 bits per heavy atom. The van der Waals surface area contributed by atoms with Gasteiger partial charge in [0.05, 0.1) is 5.41 Å². The molecule has 0 aliphatic carbocycles. The standard InChI is InChI=1S/C15H28N2O3/c1-4-6-15(7-9-16-10-8-15)14(20)17-12(13(18)19)11(3)5-2/h11-12,16H,4-10H2,1-3H3,(H,17,20)(H,18,19). The van der Waals surface area contributed by atoms with Gasteiger partial charge in [-0.05, 0) is 38.3 Å². The lowest BCUT2D eigenvalue weighted by Crippen LogP contribution is -2.53. The van der Waals surface area contributed by atoms with Gasteiger partial charge in [-0.2, -0.15) is 0 Å². The van der Waals surface area contributed by atoms with Crippen LogP contribution in [-0.4, -0.2) is 36.1 Å². The molecule has 2 unspecified atom stereocenters. The largest absolute Gasteiger partial charge is 0.480 e. The fourth-order valence-corrected chi connectivity index (χ4v) is 2.95. The molecule has 1 fully saturated rings. The van der Waals surface area contributed by atoms with Crippen molar-refractivity contribution in [2.24, 2.45) is 11.3 Å². The molecule has 0 aromatic heterocycles. The molecule has 1 heterocycles. The molecule has 5 nitrogen and oxygen atoms in total. The number of nitrogens with one attached hydrogen (secondary N) is 2. The summed E-state index contributed by atoms with van der Waals surface area (Å²) in [6.45, 7) is 7.54. The van der Waals surface area contributed by atoms with Gasteiger partial charge in [0.25, 0.3) is 0 Å². The maximum atomic E-state index is 12.6. The lowest BCUT2D eigenvalue weighted by molar-refractivity contribution is -0.146.